The molecule has 1 aromatic carbocycles. The SMILES string of the molecule is CCNC(=NCC1CN(CC(C)C)CCO1)NC1CCN(c2ccccc2OC)C1. The highest BCUT2D eigenvalue weighted by Gasteiger charge is 2.26. The largest absolute Gasteiger partial charge is 0.495 e. The van der Waals surface area contributed by atoms with E-state index in [0.29, 0.717) is 18.5 Å². The van der Waals surface area contributed by atoms with E-state index < -0.39 is 0 Å². The minimum absolute atomic E-state index is 0.168. The predicted octanol–water partition coefficient (Wildman–Crippen LogP) is 2.19. The molecule has 2 fully saturated rings. The van der Waals surface area contributed by atoms with Crippen LogP contribution in [-0.2, 0) is 4.74 Å². The van der Waals surface area contributed by atoms with Crippen molar-refractivity contribution < 1.29 is 9.47 Å². The monoisotopic (exact) mass is 417 g/mol. The van der Waals surface area contributed by atoms with Gasteiger partial charge in [-0.1, -0.05) is 26.0 Å². The standard InChI is InChI=1S/C23H39N5O2/c1-5-24-23(25-14-20-17-27(12-13-30-20)15-18(2)3)26-19-10-11-28(16-19)21-8-6-7-9-22(21)29-4/h6-9,18-20H,5,10-17H2,1-4H3,(H2,24,25,26). The van der Waals surface area contributed by atoms with Crippen LogP contribution < -0.4 is 20.3 Å². The molecule has 2 saturated heterocycles. The van der Waals surface area contributed by atoms with Gasteiger partial charge >= 0.3 is 0 Å². The van der Waals surface area contributed by atoms with Crippen molar-refractivity contribution in [2.24, 2.45) is 10.9 Å². The summed E-state index contributed by atoms with van der Waals surface area (Å²) in [4.78, 5) is 9.73. The Morgan fingerprint density at radius 1 is 1.27 bits per heavy atom. The van der Waals surface area contributed by atoms with Crippen molar-refractivity contribution in [1.82, 2.24) is 15.5 Å². The molecule has 0 aliphatic carbocycles. The summed E-state index contributed by atoms with van der Waals surface area (Å²) >= 11 is 0. The minimum Gasteiger partial charge on any atom is -0.495 e. The Hall–Kier alpha value is -1.99. The molecule has 2 N–H and O–H groups in total. The molecular formula is C23H39N5O2. The molecule has 1 aromatic rings. The van der Waals surface area contributed by atoms with Crippen LogP contribution in [0.2, 0.25) is 0 Å². The van der Waals surface area contributed by atoms with Crippen LogP contribution >= 0.6 is 0 Å². The van der Waals surface area contributed by atoms with Gasteiger partial charge in [0.1, 0.15) is 5.75 Å². The van der Waals surface area contributed by atoms with Gasteiger partial charge in [0.15, 0.2) is 5.96 Å². The average Bonchev–Trinajstić information content (AvgIpc) is 3.20. The third kappa shape index (κ3) is 6.51. The van der Waals surface area contributed by atoms with E-state index in [1.807, 2.05) is 12.1 Å². The number of guanidine groups is 1. The molecule has 168 valence electrons. The zero-order chi connectivity index (χ0) is 21.3. The number of morpholine rings is 1. The predicted molar refractivity (Wildman–Crippen MR) is 124 cm³/mol. The summed E-state index contributed by atoms with van der Waals surface area (Å²) in [6.45, 7) is 14.0. The highest BCUT2D eigenvalue weighted by molar-refractivity contribution is 5.80. The van der Waals surface area contributed by atoms with Gasteiger partial charge < -0.3 is 25.0 Å². The van der Waals surface area contributed by atoms with Gasteiger partial charge in [0.05, 0.1) is 32.1 Å². The molecule has 0 amide bonds. The summed E-state index contributed by atoms with van der Waals surface area (Å²) in [6, 6.07) is 8.59. The number of hydrogen-bond acceptors (Lipinski definition) is 5. The molecule has 2 aliphatic rings. The van der Waals surface area contributed by atoms with Gasteiger partial charge in [0, 0.05) is 45.3 Å². The van der Waals surface area contributed by atoms with Gasteiger partial charge in [-0.2, -0.15) is 0 Å². The zero-order valence-electron chi connectivity index (χ0n) is 19.1. The molecule has 7 heteroatoms. The summed E-state index contributed by atoms with van der Waals surface area (Å²) in [6.07, 6.45) is 1.24. The van der Waals surface area contributed by atoms with Crippen LogP contribution in [0.4, 0.5) is 5.69 Å². The lowest BCUT2D eigenvalue weighted by molar-refractivity contribution is -0.0262. The Morgan fingerprint density at radius 2 is 2.10 bits per heavy atom. The first-order valence-electron chi connectivity index (χ1n) is 11.4. The smallest absolute Gasteiger partial charge is 0.191 e. The number of methoxy groups -OCH3 is 1. The maximum absolute atomic E-state index is 5.96. The van der Waals surface area contributed by atoms with Crippen molar-refractivity contribution in [2.45, 2.75) is 39.3 Å². The second-order valence-electron chi connectivity index (χ2n) is 8.61. The summed E-state index contributed by atoms with van der Waals surface area (Å²) in [5.41, 5.74) is 1.16. The Morgan fingerprint density at radius 3 is 2.87 bits per heavy atom. The van der Waals surface area contributed by atoms with Crippen LogP contribution in [0.1, 0.15) is 27.2 Å². The number of nitrogens with one attached hydrogen (secondary N) is 2. The average molecular weight is 418 g/mol. The molecule has 2 heterocycles. The lowest BCUT2D eigenvalue weighted by atomic mass is 10.2. The molecule has 0 spiro atoms. The minimum atomic E-state index is 0.168. The van der Waals surface area contributed by atoms with Crippen molar-refractivity contribution in [3.05, 3.63) is 24.3 Å². The number of anilines is 1. The van der Waals surface area contributed by atoms with Gasteiger partial charge in [0.2, 0.25) is 0 Å². The Kier molecular flexibility index (Phi) is 8.63. The number of rotatable bonds is 8. The fourth-order valence-corrected chi connectivity index (χ4v) is 4.27. The van der Waals surface area contributed by atoms with Gasteiger partial charge in [-0.05, 0) is 31.4 Å². The van der Waals surface area contributed by atoms with E-state index in [1.165, 1.54) is 0 Å². The number of benzene rings is 1. The lowest BCUT2D eigenvalue weighted by Gasteiger charge is -2.33. The highest BCUT2D eigenvalue weighted by Crippen LogP contribution is 2.30. The number of nitrogens with zero attached hydrogens (tertiary/aromatic N) is 3. The first-order chi connectivity index (χ1) is 14.6. The Bertz CT molecular complexity index is 681. The summed E-state index contributed by atoms with van der Waals surface area (Å²) in [5.74, 6) is 2.49. The molecule has 0 aromatic heterocycles. The van der Waals surface area contributed by atoms with Crippen LogP contribution in [-0.4, -0.2) is 82.5 Å². The molecule has 2 unspecified atom stereocenters. The van der Waals surface area contributed by atoms with Crippen LogP contribution in [0.25, 0.3) is 0 Å². The number of ether oxygens (including phenoxy) is 2. The fraction of sp³-hybridized carbons (Fsp3) is 0.696. The van der Waals surface area contributed by atoms with E-state index in [1.54, 1.807) is 7.11 Å². The van der Waals surface area contributed by atoms with E-state index in [-0.39, 0.29) is 6.10 Å². The quantitative estimate of drug-likeness (QED) is 0.499. The van der Waals surface area contributed by atoms with E-state index in [9.17, 15) is 0 Å². The van der Waals surface area contributed by atoms with E-state index in [4.69, 9.17) is 14.5 Å². The van der Waals surface area contributed by atoms with Crippen molar-refractivity contribution in [1.29, 1.82) is 0 Å². The van der Waals surface area contributed by atoms with Crippen molar-refractivity contribution in [3.63, 3.8) is 0 Å². The molecule has 0 bridgehead atoms. The van der Waals surface area contributed by atoms with Crippen LogP contribution in [0, 0.1) is 5.92 Å². The lowest BCUT2D eigenvalue weighted by Crippen LogP contribution is -2.47. The molecule has 2 atom stereocenters. The molecule has 0 radical (unpaired) electrons. The van der Waals surface area contributed by atoms with Gasteiger partial charge in [0.25, 0.3) is 0 Å². The molecule has 0 saturated carbocycles. The second-order valence-corrected chi connectivity index (χ2v) is 8.61. The molecule has 3 rings (SSSR count). The Balaban J connectivity index is 1.54. The summed E-state index contributed by atoms with van der Waals surface area (Å²) < 4.78 is 11.5. The number of aliphatic imine (C=N–C) groups is 1. The zero-order valence-corrected chi connectivity index (χ0v) is 19.1. The van der Waals surface area contributed by atoms with Crippen molar-refractivity contribution in [2.75, 3.05) is 64.4 Å². The van der Waals surface area contributed by atoms with E-state index >= 15 is 0 Å². The maximum atomic E-state index is 5.96. The fourth-order valence-electron chi connectivity index (χ4n) is 4.27. The molecule has 2 aliphatic heterocycles. The van der Waals surface area contributed by atoms with Gasteiger partial charge in [-0.15, -0.1) is 0 Å². The summed E-state index contributed by atoms with van der Waals surface area (Å²) in [7, 11) is 1.73. The maximum Gasteiger partial charge on any atom is 0.191 e. The summed E-state index contributed by atoms with van der Waals surface area (Å²) in [5, 5.41) is 7.02. The first-order valence-corrected chi connectivity index (χ1v) is 11.4. The van der Waals surface area contributed by atoms with Crippen molar-refractivity contribution >= 4 is 11.6 Å². The van der Waals surface area contributed by atoms with Crippen LogP contribution in [0.3, 0.4) is 0 Å². The Labute approximate surface area is 181 Å². The number of para-hydroxylation sites is 2. The highest BCUT2D eigenvalue weighted by atomic mass is 16.5. The normalized spacial score (nSPS) is 23.1. The van der Waals surface area contributed by atoms with Crippen LogP contribution in [0.15, 0.2) is 29.3 Å². The van der Waals surface area contributed by atoms with E-state index in [0.717, 1.165) is 69.7 Å². The molecule has 30 heavy (non-hydrogen) atoms. The first kappa shape index (κ1) is 22.7. The van der Waals surface area contributed by atoms with E-state index in [2.05, 4.69) is 53.3 Å². The van der Waals surface area contributed by atoms with Gasteiger partial charge in [-0.25, -0.2) is 0 Å². The third-order valence-electron chi connectivity index (χ3n) is 5.60. The second kappa shape index (κ2) is 11.4. The third-order valence-corrected chi connectivity index (χ3v) is 5.60. The molecular weight excluding hydrogens is 378 g/mol. The topological polar surface area (TPSA) is 61.4 Å². The van der Waals surface area contributed by atoms with Gasteiger partial charge in [-0.3, -0.25) is 9.89 Å². The number of hydrogen-bond donors (Lipinski definition) is 2. The van der Waals surface area contributed by atoms with Crippen LogP contribution in [0.5, 0.6) is 5.75 Å². The molecule has 7 nitrogen and oxygen atoms in total. The van der Waals surface area contributed by atoms with Crippen molar-refractivity contribution in [3.8, 4) is 5.75 Å².